The predicted octanol–water partition coefficient (Wildman–Crippen LogP) is 12.9. The van der Waals surface area contributed by atoms with Gasteiger partial charge in [0, 0.05) is 12.8 Å². The van der Waals surface area contributed by atoms with E-state index in [-0.39, 0.29) is 31.3 Å². The number of carbonyl (C=O) groups is 2. The molecular weight excluding hydrogens is 707 g/mol. The highest BCUT2D eigenvalue weighted by atomic mass is 16.5. The SMILES string of the molecule is CC/C=C\C/C=C\C/C=C\C/C=C\C/C=C\CCCC(=O)OC(C/C=C/C=C\C=C/C=C/C=C/CC)CC(=O)NC(CO)C(O)CCCCCCCCCCCC. The van der Waals surface area contributed by atoms with Crippen LogP contribution in [-0.2, 0) is 14.3 Å². The maximum absolute atomic E-state index is 13.1. The maximum Gasteiger partial charge on any atom is 0.306 e. The molecule has 3 atom stereocenters. The molecule has 0 aliphatic rings. The van der Waals surface area contributed by atoms with Gasteiger partial charge < -0.3 is 20.3 Å². The fraction of sp³-hybridized carbons (Fsp3) is 0.569. The summed E-state index contributed by atoms with van der Waals surface area (Å²) in [6, 6.07) is -0.757. The van der Waals surface area contributed by atoms with Gasteiger partial charge >= 0.3 is 5.97 Å². The third kappa shape index (κ3) is 38.9. The molecule has 0 spiro atoms. The Balaban J connectivity index is 4.85. The third-order valence-corrected chi connectivity index (χ3v) is 9.17. The number of rotatable bonds is 37. The molecule has 6 heteroatoms. The molecule has 320 valence electrons. The van der Waals surface area contributed by atoms with E-state index in [1.807, 2.05) is 54.7 Å². The molecular formula is C51H81NO5. The van der Waals surface area contributed by atoms with Crippen molar-refractivity contribution in [1.29, 1.82) is 0 Å². The number of aliphatic hydroxyl groups is 2. The van der Waals surface area contributed by atoms with Crippen LogP contribution in [0.15, 0.2) is 122 Å². The summed E-state index contributed by atoms with van der Waals surface area (Å²) in [6.07, 6.45) is 60.0. The highest BCUT2D eigenvalue weighted by Gasteiger charge is 2.23. The molecule has 1 amide bonds. The maximum atomic E-state index is 13.1. The smallest absolute Gasteiger partial charge is 0.306 e. The number of allylic oxidation sites excluding steroid dienone is 19. The third-order valence-electron chi connectivity index (χ3n) is 9.17. The van der Waals surface area contributed by atoms with Crippen molar-refractivity contribution in [2.24, 2.45) is 0 Å². The molecule has 0 saturated heterocycles. The summed E-state index contributed by atoms with van der Waals surface area (Å²) in [4.78, 5) is 25.9. The molecule has 0 heterocycles. The number of nitrogens with one attached hydrogen (secondary N) is 1. The van der Waals surface area contributed by atoms with E-state index in [0.717, 1.165) is 64.2 Å². The van der Waals surface area contributed by atoms with E-state index in [1.165, 1.54) is 44.9 Å². The van der Waals surface area contributed by atoms with Crippen LogP contribution in [0.1, 0.15) is 162 Å². The number of hydrogen-bond donors (Lipinski definition) is 3. The molecule has 0 fully saturated rings. The number of hydrogen-bond acceptors (Lipinski definition) is 5. The van der Waals surface area contributed by atoms with E-state index in [4.69, 9.17) is 4.74 Å². The molecule has 3 N–H and O–H groups in total. The number of esters is 1. The zero-order valence-electron chi connectivity index (χ0n) is 36.2. The number of aliphatic hydroxyl groups excluding tert-OH is 2. The van der Waals surface area contributed by atoms with Crippen molar-refractivity contribution in [2.75, 3.05) is 6.61 Å². The lowest BCUT2D eigenvalue weighted by Gasteiger charge is -2.24. The molecule has 0 rings (SSSR count). The fourth-order valence-electron chi connectivity index (χ4n) is 5.84. The van der Waals surface area contributed by atoms with Gasteiger partial charge in [0.05, 0.1) is 25.2 Å². The van der Waals surface area contributed by atoms with Gasteiger partial charge in [0.25, 0.3) is 0 Å². The van der Waals surface area contributed by atoms with Gasteiger partial charge in [-0.15, -0.1) is 0 Å². The van der Waals surface area contributed by atoms with Crippen LogP contribution in [0.25, 0.3) is 0 Å². The zero-order chi connectivity index (χ0) is 41.7. The number of carbonyl (C=O) groups excluding carboxylic acids is 2. The Hall–Kier alpha value is -3.74. The van der Waals surface area contributed by atoms with E-state index in [0.29, 0.717) is 19.3 Å². The van der Waals surface area contributed by atoms with Crippen molar-refractivity contribution in [3.8, 4) is 0 Å². The largest absolute Gasteiger partial charge is 0.461 e. The minimum Gasteiger partial charge on any atom is -0.461 e. The second-order valence-electron chi connectivity index (χ2n) is 14.5. The summed E-state index contributed by atoms with van der Waals surface area (Å²) in [6.45, 7) is 6.12. The number of unbranched alkanes of at least 4 members (excludes halogenated alkanes) is 10. The summed E-state index contributed by atoms with van der Waals surface area (Å²) in [5.74, 6) is -0.695. The quantitative estimate of drug-likeness (QED) is 0.0252. The summed E-state index contributed by atoms with van der Waals surface area (Å²) < 4.78 is 5.78. The van der Waals surface area contributed by atoms with Gasteiger partial charge in [0.2, 0.25) is 5.91 Å². The monoisotopic (exact) mass is 788 g/mol. The molecule has 0 bridgehead atoms. The van der Waals surface area contributed by atoms with Crippen molar-refractivity contribution in [3.05, 3.63) is 122 Å². The van der Waals surface area contributed by atoms with E-state index in [9.17, 15) is 19.8 Å². The Morgan fingerprint density at radius 3 is 1.56 bits per heavy atom. The van der Waals surface area contributed by atoms with E-state index >= 15 is 0 Å². The van der Waals surface area contributed by atoms with Crippen LogP contribution in [-0.4, -0.2) is 46.9 Å². The molecule has 0 radical (unpaired) electrons. The van der Waals surface area contributed by atoms with E-state index < -0.39 is 18.2 Å². The van der Waals surface area contributed by atoms with E-state index in [2.05, 4.69) is 92.9 Å². The Kier molecular flexibility index (Phi) is 40.5. The second-order valence-corrected chi connectivity index (χ2v) is 14.5. The molecule has 57 heavy (non-hydrogen) atoms. The molecule has 0 aromatic carbocycles. The lowest BCUT2D eigenvalue weighted by Crippen LogP contribution is -2.46. The van der Waals surface area contributed by atoms with Crippen molar-refractivity contribution in [3.63, 3.8) is 0 Å². The molecule has 0 aromatic heterocycles. The van der Waals surface area contributed by atoms with Crippen LogP contribution >= 0.6 is 0 Å². The Labute approximate surface area is 349 Å². The second kappa shape index (κ2) is 43.4. The minimum atomic E-state index is -0.833. The van der Waals surface area contributed by atoms with Crippen LogP contribution in [0.2, 0.25) is 0 Å². The van der Waals surface area contributed by atoms with Crippen molar-refractivity contribution < 1.29 is 24.5 Å². The standard InChI is InChI=1S/C51H81NO5/c1-4-7-10-13-16-19-22-23-24-25-26-27-29-32-35-38-41-44-51(56)57-47(42-39-36-33-30-28-20-17-14-11-8-5-2)45-50(55)52-48(46-53)49(54)43-40-37-34-31-21-18-15-12-9-6-3/h7-8,10-11,14,16-17,19-20,23-24,26-28,30,32-33,35-36,39,47-49,53-54H,4-6,9,12-13,15,18,21-22,25,29,31,34,37-38,40-46H2,1-3H3,(H,52,55)/b10-7-,11-8+,17-14+,19-16-,24-23-,27-26-,28-20-,33-30-,35-32-,39-36+. The van der Waals surface area contributed by atoms with Gasteiger partial charge in [0.15, 0.2) is 0 Å². The van der Waals surface area contributed by atoms with Crippen molar-refractivity contribution in [1.82, 2.24) is 5.32 Å². The van der Waals surface area contributed by atoms with Crippen molar-refractivity contribution >= 4 is 11.9 Å². The average Bonchev–Trinajstić information content (AvgIpc) is 3.20. The summed E-state index contributed by atoms with van der Waals surface area (Å²) >= 11 is 0. The first-order valence-corrected chi connectivity index (χ1v) is 22.3. The lowest BCUT2D eigenvalue weighted by molar-refractivity contribution is -0.150. The Morgan fingerprint density at radius 1 is 0.561 bits per heavy atom. The molecule has 6 nitrogen and oxygen atoms in total. The minimum absolute atomic E-state index is 0.0496. The van der Waals surface area contributed by atoms with Gasteiger partial charge in [0.1, 0.15) is 6.10 Å². The number of amides is 1. The van der Waals surface area contributed by atoms with Gasteiger partial charge in [-0.2, -0.15) is 0 Å². The lowest BCUT2D eigenvalue weighted by atomic mass is 10.0. The highest BCUT2D eigenvalue weighted by molar-refractivity contribution is 5.77. The van der Waals surface area contributed by atoms with Crippen LogP contribution < -0.4 is 5.32 Å². The molecule has 0 aromatic rings. The van der Waals surface area contributed by atoms with Crippen LogP contribution in [0, 0.1) is 0 Å². The summed E-state index contributed by atoms with van der Waals surface area (Å²) in [5, 5.41) is 23.5. The average molecular weight is 788 g/mol. The first kappa shape index (κ1) is 53.3. The van der Waals surface area contributed by atoms with Gasteiger partial charge in [-0.3, -0.25) is 9.59 Å². The first-order valence-electron chi connectivity index (χ1n) is 22.3. The molecule has 0 aliphatic heterocycles. The number of ether oxygens (including phenoxy) is 1. The van der Waals surface area contributed by atoms with E-state index in [1.54, 1.807) is 0 Å². The molecule has 0 saturated carbocycles. The van der Waals surface area contributed by atoms with Gasteiger partial charge in [-0.1, -0.05) is 206 Å². The normalized spacial score (nSPS) is 14.5. The van der Waals surface area contributed by atoms with Crippen LogP contribution in [0.3, 0.4) is 0 Å². The van der Waals surface area contributed by atoms with Crippen LogP contribution in [0.4, 0.5) is 0 Å². The molecule has 3 unspecified atom stereocenters. The molecule has 0 aliphatic carbocycles. The Bertz CT molecular complexity index is 1250. The highest BCUT2D eigenvalue weighted by Crippen LogP contribution is 2.14. The topological polar surface area (TPSA) is 95.9 Å². The fourth-order valence-corrected chi connectivity index (χ4v) is 5.84. The Morgan fingerprint density at radius 2 is 1.04 bits per heavy atom. The van der Waals surface area contributed by atoms with Gasteiger partial charge in [-0.25, -0.2) is 0 Å². The zero-order valence-corrected chi connectivity index (χ0v) is 36.2. The summed E-state index contributed by atoms with van der Waals surface area (Å²) in [7, 11) is 0. The van der Waals surface area contributed by atoms with Gasteiger partial charge in [-0.05, 0) is 57.8 Å². The summed E-state index contributed by atoms with van der Waals surface area (Å²) in [5.41, 5.74) is 0. The first-order chi connectivity index (χ1) is 28.0. The van der Waals surface area contributed by atoms with Crippen LogP contribution in [0.5, 0.6) is 0 Å². The van der Waals surface area contributed by atoms with Crippen molar-refractivity contribution in [2.45, 2.75) is 180 Å². The predicted molar refractivity (Wildman–Crippen MR) is 245 cm³/mol.